The van der Waals surface area contributed by atoms with Crippen molar-refractivity contribution in [2.24, 2.45) is 4.99 Å². The second kappa shape index (κ2) is 7.12. The molecule has 0 saturated heterocycles. The minimum Gasteiger partial charge on any atom is -0.299 e. The van der Waals surface area contributed by atoms with Gasteiger partial charge in [0.05, 0.1) is 5.70 Å². The molecule has 0 fully saturated rings. The lowest BCUT2D eigenvalue weighted by atomic mass is 10.0. The van der Waals surface area contributed by atoms with Gasteiger partial charge >= 0.3 is 0 Å². The van der Waals surface area contributed by atoms with Crippen LogP contribution in [0.3, 0.4) is 0 Å². The van der Waals surface area contributed by atoms with E-state index in [-0.39, 0.29) is 5.78 Å². The minimum absolute atomic E-state index is 0.107. The molecule has 0 saturated carbocycles. The lowest BCUT2D eigenvalue weighted by Crippen LogP contribution is -2.09. The molecular formula is C19H15Cl2NO. The number of nitrogens with zero attached hydrogens (tertiary/aromatic N) is 1. The van der Waals surface area contributed by atoms with Gasteiger partial charge in [0.1, 0.15) is 5.78 Å². The second-order valence-electron chi connectivity index (χ2n) is 5.47. The summed E-state index contributed by atoms with van der Waals surface area (Å²) in [5, 5.41) is 1.10. The van der Waals surface area contributed by atoms with Gasteiger partial charge in [0.25, 0.3) is 0 Å². The second-order valence-corrected chi connectivity index (χ2v) is 6.31. The Morgan fingerprint density at radius 2 is 1.83 bits per heavy atom. The van der Waals surface area contributed by atoms with Crippen molar-refractivity contribution in [2.45, 2.75) is 19.3 Å². The Labute approximate surface area is 145 Å². The molecule has 1 aliphatic heterocycles. The number of carbonyl (C=O) groups is 1. The quantitative estimate of drug-likeness (QED) is 0.716. The highest BCUT2D eigenvalue weighted by atomic mass is 35.5. The number of halogens is 2. The van der Waals surface area contributed by atoms with Crippen LogP contribution in [0.1, 0.15) is 24.0 Å². The number of aliphatic imine (C=N–C) groups is 1. The van der Waals surface area contributed by atoms with Crippen LogP contribution in [0.15, 0.2) is 59.6 Å². The van der Waals surface area contributed by atoms with Gasteiger partial charge in [-0.2, -0.15) is 0 Å². The molecule has 23 heavy (non-hydrogen) atoms. The summed E-state index contributed by atoms with van der Waals surface area (Å²) in [6.07, 6.45) is 3.44. The van der Waals surface area contributed by atoms with Crippen LogP contribution in [-0.4, -0.2) is 11.5 Å². The summed E-state index contributed by atoms with van der Waals surface area (Å²) in [5.41, 5.74) is 3.73. The summed E-state index contributed by atoms with van der Waals surface area (Å²) >= 11 is 12.0. The highest BCUT2D eigenvalue weighted by Gasteiger charge is 2.15. The molecular weight excluding hydrogens is 329 g/mol. The van der Waals surface area contributed by atoms with Crippen molar-refractivity contribution >= 4 is 40.4 Å². The van der Waals surface area contributed by atoms with Crippen molar-refractivity contribution in [3.05, 3.63) is 75.8 Å². The Morgan fingerprint density at radius 3 is 2.57 bits per heavy atom. The van der Waals surface area contributed by atoms with E-state index in [1.165, 1.54) is 0 Å². The van der Waals surface area contributed by atoms with Gasteiger partial charge in [-0.05, 0) is 23.3 Å². The Bertz CT molecular complexity index is 794. The fraction of sp³-hybridized carbons (Fsp3) is 0.158. The van der Waals surface area contributed by atoms with Crippen molar-refractivity contribution in [3.63, 3.8) is 0 Å². The summed E-state index contributed by atoms with van der Waals surface area (Å²) in [7, 11) is 0. The summed E-state index contributed by atoms with van der Waals surface area (Å²) in [6, 6.07) is 15.2. The Balaban J connectivity index is 1.63. The molecule has 2 nitrogen and oxygen atoms in total. The molecule has 2 aromatic carbocycles. The van der Waals surface area contributed by atoms with Crippen LogP contribution in [-0.2, 0) is 11.2 Å². The topological polar surface area (TPSA) is 29.4 Å². The number of allylic oxidation sites excluding steroid dienone is 1. The maximum Gasteiger partial charge on any atom is 0.142 e. The highest BCUT2D eigenvalue weighted by Crippen LogP contribution is 2.25. The van der Waals surface area contributed by atoms with E-state index in [1.54, 1.807) is 18.2 Å². The van der Waals surface area contributed by atoms with Gasteiger partial charge in [-0.25, -0.2) is 0 Å². The van der Waals surface area contributed by atoms with E-state index in [1.807, 2.05) is 30.3 Å². The number of benzene rings is 2. The largest absolute Gasteiger partial charge is 0.299 e. The van der Waals surface area contributed by atoms with Crippen LogP contribution in [0.25, 0.3) is 5.70 Å². The number of carbonyl (C=O) groups excluding carboxylic acids is 1. The lowest BCUT2D eigenvalue weighted by molar-refractivity contribution is -0.117. The van der Waals surface area contributed by atoms with Gasteiger partial charge in [0.15, 0.2) is 0 Å². The number of hydrogen-bond donors (Lipinski definition) is 0. The first-order valence-electron chi connectivity index (χ1n) is 7.39. The lowest BCUT2D eigenvalue weighted by Gasteiger charge is -2.04. The third-order valence-electron chi connectivity index (χ3n) is 3.68. The number of ketones is 1. The van der Waals surface area contributed by atoms with Crippen molar-refractivity contribution in [1.82, 2.24) is 0 Å². The Morgan fingerprint density at radius 1 is 1.04 bits per heavy atom. The molecule has 0 aromatic heterocycles. The number of Topliss-reactive ketones (excluding diaryl/α,β-unsaturated/α-hetero) is 1. The minimum atomic E-state index is 0.107. The molecule has 0 unspecified atom stereocenters. The van der Waals surface area contributed by atoms with Crippen molar-refractivity contribution in [1.29, 1.82) is 0 Å². The van der Waals surface area contributed by atoms with E-state index >= 15 is 0 Å². The SMILES string of the molecule is O=C(CC1=NC(c2ccccc2)=CC1)Cc1ccc(Cl)cc1Cl. The summed E-state index contributed by atoms with van der Waals surface area (Å²) in [4.78, 5) is 16.8. The first kappa shape index (κ1) is 16.0. The molecule has 0 atom stereocenters. The summed E-state index contributed by atoms with van der Waals surface area (Å²) in [5.74, 6) is 0.107. The zero-order valence-electron chi connectivity index (χ0n) is 12.4. The van der Waals surface area contributed by atoms with Gasteiger partial charge < -0.3 is 0 Å². The van der Waals surface area contributed by atoms with Crippen molar-refractivity contribution in [2.75, 3.05) is 0 Å². The van der Waals surface area contributed by atoms with E-state index in [0.29, 0.717) is 22.9 Å². The van der Waals surface area contributed by atoms with E-state index in [0.717, 1.165) is 29.0 Å². The zero-order chi connectivity index (χ0) is 16.2. The van der Waals surface area contributed by atoms with E-state index in [2.05, 4.69) is 11.1 Å². The van der Waals surface area contributed by atoms with Crippen LogP contribution in [0.5, 0.6) is 0 Å². The van der Waals surface area contributed by atoms with Crippen molar-refractivity contribution in [3.8, 4) is 0 Å². The first-order chi connectivity index (χ1) is 11.1. The molecule has 0 spiro atoms. The Hall–Kier alpha value is -1.90. The van der Waals surface area contributed by atoms with Crippen LogP contribution in [0, 0.1) is 0 Å². The molecule has 0 radical (unpaired) electrons. The molecule has 116 valence electrons. The molecule has 0 N–H and O–H groups in total. The highest BCUT2D eigenvalue weighted by molar-refractivity contribution is 6.35. The average Bonchev–Trinajstić information content (AvgIpc) is 2.99. The zero-order valence-corrected chi connectivity index (χ0v) is 13.9. The maximum absolute atomic E-state index is 12.3. The van der Waals surface area contributed by atoms with Crippen LogP contribution in [0.4, 0.5) is 0 Å². The van der Waals surface area contributed by atoms with Crippen LogP contribution in [0.2, 0.25) is 10.0 Å². The van der Waals surface area contributed by atoms with Gasteiger partial charge in [-0.15, -0.1) is 0 Å². The van der Waals surface area contributed by atoms with E-state index in [4.69, 9.17) is 23.2 Å². The first-order valence-corrected chi connectivity index (χ1v) is 8.15. The van der Waals surface area contributed by atoms with Crippen LogP contribution < -0.4 is 0 Å². The van der Waals surface area contributed by atoms with Crippen molar-refractivity contribution < 1.29 is 4.79 Å². The van der Waals surface area contributed by atoms with Gasteiger partial charge in [0, 0.05) is 35.0 Å². The molecule has 0 bridgehead atoms. The molecule has 0 aliphatic carbocycles. The molecule has 2 aromatic rings. The number of hydrogen-bond acceptors (Lipinski definition) is 2. The molecule has 1 heterocycles. The Kier molecular flexibility index (Phi) is 4.94. The van der Waals surface area contributed by atoms with Gasteiger partial charge in [-0.1, -0.05) is 65.7 Å². The average molecular weight is 344 g/mol. The summed E-state index contributed by atoms with van der Waals surface area (Å²) in [6.45, 7) is 0. The van der Waals surface area contributed by atoms with E-state index < -0.39 is 0 Å². The standard InChI is InChI=1S/C19H15Cl2NO/c20-15-7-6-14(18(21)11-15)10-17(23)12-16-8-9-19(22-16)13-4-2-1-3-5-13/h1-7,9,11H,8,10,12H2. The van der Waals surface area contributed by atoms with Gasteiger partial charge in [0.2, 0.25) is 0 Å². The fourth-order valence-electron chi connectivity index (χ4n) is 2.55. The monoisotopic (exact) mass is 343 g/mol. The summed E-state index contributed by atoms with van der Waals surface area (Å²) < 4.78 is 0. The predicted octanol–water partition coefficient (Wildman–Crippen LogP) is 5.38. The van der Waals surface area contributed by atoms with E-state index in [9.17, 15) is 4.79 Å². The normalized spacial score (nSPS) is 13.7. The predicted molar refractivity (Wildman–Crippen MR) is 96.3 cm³/mol. The third kappa shape index (κ3) is 4.10. The smallest absolute Gasteiger partial charge is 0.142 e. The molecule has 4 heteroatoms. The molecule has 1 aliphatic rings. The molecule has 0 amide bonds. The maximum atomic E-state index is 12.3. The van der Waals surface area contributed by atoms with Gasteiger partial charge in [-0.3, -0.25) is 9.79 Å². The fourth-order valence-corrected chi connectivity index (χ4v) is 3.02. The molecule has 3 rings (SSSR count). The number of rotatable bonds is 5. The van der Waals surface area contributed by atoms with Crippen LogP contribution >= 0.6 is 23.2 Å². The third-order valence-corrected chi connectivity index (χ3v) is 4.27.